The molecule has 5 nitrogen and oxygen atoms in total. The van der Waals surface area contributed by atoms with Gasteiger partial charge in [-0.1, -0.05) is 0 Å². The molecule has 1 N–H and O–H groups in total. The Morgan fingerprint density at radius 3 is 2.38 bits per heavy atom. The van der Waals surface area contributed by atoms with Crippen LogP contribution in [0.15, 0.2) is 0 Å². The summed E-state index contributed by atoms with van der Waals surface area (Å²) in [7, 11) is -3.18. The molecule has 1 unspecified atom stereocenters. The summed E-state index contributed by atoms with van der Waals surface area (Å²) in [6.07, 6.45) is 2.00. The van der Waals surface area contributed by atoms with Gasteiger partial charge in [-0.05, 0) is 19.8 Å². The third kappa shape index (κ3) is 2.68. The van der Waals surface area contributed by atoms with Crippen LogP contribution >= 0.6 is 12.4 Å². The minimum Gasteiger partial charge on any atom is -0.314 e. The summed E-state index contributed by atoms with van der Waals surface area (Å²) in [5, 5.41) is 3.20. The van der Waals surface area contributed by atoms with Gasteiger partial charge in [-0.25, -0.2) is 0 Å². The maximum Gasteiger partial charge on any atom is 0.282 e. The van der Waals surface area contributed by atoms with E-state index in [9.17, 15) is 8.42 Å². The number of piperazine rings is 1. The molecule has 0 amide bonds. The van der Waals surface area contributed by atoms with Crippen LogP contribution in [-0.4, -0.2) is 55.8 Å². The van der Waals surface area contributed by atoms with Crippen molar-refractivity contribution in [3.8, 4) is 0 Å². The Balaban J connectivity index is 0.00000128. The molecule has 2 heterocycles. The fourth-order valence-electron chi connectivity index (χ4n) is 2.23. The lowest BCUT2D eigenvalue weighted by Crippen LogP contribution is -2.55. The van der Waals surface area contributed by atoms with Gasteiger partial charge < -0.3 is 5.32 Å². The second kappa shape index (κ2) is 5.64. The van der Waals surface area contributed by atoms with Crippen molar-refractivity contribution in [3.63, 3.8) is 0 Å². The topological polar surface area (TPSA) is 52.7 Å². The standard InChI is InChI=1S/C9H19N3O2S.ClH/c1-9-8-10-4-7-12(9)15(13,14)11-5-2-3-6-11;/h9-10H,2-8H2,1H3;1H. The van der Waals surface area contributed by atoms with Gasteiger partial charge in [0.15, 0.2) is 0 Å². The summed E-state index contributed by atoms with van der Waals surface area (Å²) in [5.74, 6) is 0. The maximum absolute atomic E-state index is 12.2. The first kappa shape index (κ1) is 14.2. The predicted octanol–water partition coefficient (Wildman–Crippen LogP) is 0.0425. The lowest BCUT2D eigenvalue weighted by Gasteiger charge is -2.35. The highest BCUT2D eigenvalue weighted by Gasteiger charge is 2.35. The summed E-state index contributed by atoms with van der Waals surface area (Å²) >= 11 is 0. The molecule has 0 aliphatic carbocycles. The smallest absolute Gasteiger partial charge is 0.282 e. The molecule has 2 aliphatic heterocycles. The normalized spacial score (nSPS) is 28.9. The molecular weight excluding hydrogens is 250 g/mol. The number of halogens is 1. The minimum atomic E-state index is -3.18. The van der Waals surface area contributed by atoms with Crippen LogP contribution in [0.25, 0.3) is 0 Å². The van der Waals surface area contributed by atoms with E-state index in [0.29, 0.717) is 19.6 Å². The zero-order chi connectivity index (χ0) is 10.9. The Labute approximate surface area is 104 Å². The predicted molar refractivity (Wildman–Crippen MR) is 66.0 cm³/mol. The lowest BCUT2D eigenvalue weighted by molar-refractivity contribution is 0.263. The van der Waals surface area contributed by atoms with Gasteiger partial charge in [-0.3, -0.25) is 0 Å². The molecule has 2 rings (SSSR count). The number of nitrogens with zero attached hydrogens (tertiary/aromatic N) is 2. The monoisotopic (exact) mass is 269 g/mol. The van der Waals surface area contributed by atoms with E-state index in [2.05, 4.69) is 5.32 Å². The highest BCUT2D eigenvalue weighted by atomic mass is 35.5. The van der Waals surface area contributed by atoms with E-state index in [0.717, 1.165) is 25.9 Å². The largest absolute Gasteiger partial charge is 0.314 e. The molecule has 0 saturated carbocycles. The highest BCUT2D eigenvalue weighted by molar-refractivity contribution is 7.86. The lowest BCUT2D eigenvalue weighted by atomic mass is 10.3. The van der Waals surface area contributed by atoms with E-state index in [1.807, 2.05) is 6.92 Å². The fraction of sp³-hybridized carbons (Fsp3) is 1.00. The summed E-state index contributed by atoms with van der Waals surface area (Å²) in [6.45, 7) is 5.46. The van der Waals surface area contributed by atoms with Crippen molar-refractivity contribution in [2.24, 2.45) is 0 Å². The average molecular weight is 270 g/mol. The summed E-state index contributed by atoms with van der Waals surface area (Å²) in [5.41, 5.74) is 0. The third-order valence-corrected chi connectivity index (χ3v) is 5.28. The van der Waals surface area contributed by atoms with Crippen LogP contribution in [0.2, 0.25) is 0 Å². The van der Waals surface area contributed by atoms with Gasteiger partial charge in [0.1, 0.15) is 0 Å². The summed E-state index contributed by atoms with van der Waals surface area (Å²) in [6, 6.07) is 0.0735. The van der Waals surface area contributed by atoms with Crippen molar-refractivity contribution in [2.45, 2.75) is 25.8 Å². The Morgan fingerprint density at radius 1 is 1.19 bits per heavy atom. The van der Waals surface area contributed by atoms with Crippen LogP contribution in [0.1, 0.15) is 19.8 Å². The Morgan fingerprint density at radius 2 is 1.81 bits per heavy atom. The van der Waals surface area contributed by atoms with Gasteiger partial charge in [0.2, 0.25) is 0 Å². The highest BCUT2D eigenvalue weighted by Crippen LogP contribution is 2.19. The van der Waals surface area contributed by atoms with E-state index >= 15 is 0 Å². The van der Waals surface area contributed by atoms with Crippen LogP contribution in [-0.2, 0) is 10.2 Å². The van der Waals surface area contributed by atoms with Crippen molar-refractivity contribution in [1.29, 1.82) is 0 Å². The van der Waals surface area contributed by atoms with Crippen LogP contribution in [0.5, 0.6) is 0 Å². The third-order valence-electron chi connectivity index (χ3n) is 3.13. The zero-order valence-corrected chi connectivity index (χ0v) is 11.2. The number of hydrogen-bond acceptors (Lipinski definition) is 3. The molecule has 96 valence electrons. The molecule has 2 fully saturated rings. The van der Waals surface area contributed by atoms with Gasteiger partial charge in [0.05, 0.1) is 0 Å². The molecule has 7 heteroatoms. The second-order valence-electron chi connectivity index (χ2n) is 4.28. The zero-order valence-electron chi connectivity index (χ0n) is 9.55. The van der Waals surface area contributed by atoms with Crippen molar-refractivity contribution in [3.05, 3.63) is 0 Å². The average Bonchev–Trinajstić information content (AvgIpc) is 2.71. The minimum absolute atomic E-state index is 0. The van der Waals surface area contributed by atoms with Crippen molar-refractivity contribution >= 4 is 22.6 Å². The van der Waals surface area contributed by atoms with E-state index in [1.54, 1.807) is 8.61 Å². The number of hydrogen-bond donors (Lipinski definition) is 1. The fourth-order valence-corrected chi connectivity index (χ4v) is 4.10. The quantitative estimate of drug-likeness (QED) is 0.770. The van der Waals surface area contributed by atoms with Crippen molar-refractivity contribution < 1.29 is 8.42 Å². The van der Waals surface area contributed by atoms with Crippen LogP contribution in [0.4, 0.5) is 0 Å². The first-order valence-electron chi connectivity index (χ1n) is 5.60. The molecule has 2 aliphatic rings. The number of nitrogens with one attached hydrogen (secondary N) is 1. The molecule has 0 aromatic carbocycles. The molecule has 0 aromatic rings. The summed E-state index contributed by atoms with van der Waals surface area (Å²) < 4.78 is 27.7. The van der Waals surface area contributed by atoms with E-state index < -0.39 is 10.2 Å². The number of rotatable bonds is 2. The molecule has 16 heavy (non-hydrogen) atoms. The van der Waals surface area contributed by atoms with E-state index in [-0.39, 0.29) is 18.4 Å². The molecule has 2 saturated heterocycles. The first-order chi connectivity index (χ1) is 7.12. The SMILES string of the molecule is CC1CNCCN1S(=O)(=O)N1CCCC1.Cl. The van der Waals surface area contributed by atoms with Gasteiger partial charge in [0.25, 0.3) is 10.2 Å². The molecule has 1 atom stereocenters. The second-order valence-corrected chi connectivity index (χ2v) is 6.16. The van der Waals surface area contributed by atoms with Crippen molar-refractivity contribution in [1.82, 2.24) is 13.9 Å². The van der Waals surface area contributed by atoms with E-state index in [4.69, 9.17) is 0 Å². The van der Waals surface area contributed by atoms with E-state index in [1.165, 1.54) is 0 Å². The molecule has 0 bridgehead atoms. The van der Waals surface area contributed by atoms with Gasteiger partial charge in [-0.15, -0.1) is 12.4 Å². The van der Waals surface area contributed by atoms with Crippen LogP contribution in [0, 0.1) is 0 Å². The summed E-state index contributed by atoms with van der Waals surface area (Å²) in [4.78, 5) is 0. The van der Waals surface area contributed by atoms with Crippen LogP contribution < -0.4 is 5.32 Å². The first-order valence-corrected chi connectivity index (χ1v) is 7.00. The Bertz CT molecular complexity index is 317. The van der Waals surface area contributed by atoms with Gasteiger partial charge in [-0.2, -0.15) is 17.0 Å². The molecule has 0 aromatic heterocycles. The van der Waals surface area contributed by atoms with Crippen LogP contribution in [0.3, 0.4) is 0 Å². The molecular formula is C9H20ClN3O2S. The molecule has 0 radical (unpaired) electrons. The molecule has 0 spiro atoms. The Kier molecular flexibility index (Phi) is 5.00. The Hall–Kier alpha value is 0.120. The van der Waals surface area contributed by atoms with Crippen molar-refractivity contribution in [2.75, 3.05) is 32.7 Å². The van der Waals surface area contributed by atoms with Gasteiger partial charge in [0, 0.05) is 38.8 Å². The van der Waals surface area contributed by atoms with Gasteiger partial charge >= 0.3 is 0 Å². The maximum atomic E-state index is 12.2.